The molecular formula is C12H14N2O3. The minimum atomic E-state index is -0.973. The number of anilines is 1. The van der Waals surface area contributed by atoms with Crippen molar-refractivity contribution in [3.63, 3.8) is 0 Å². The maximum absolute atomic E-state index is 11.9. The predicted octanol–water partition coefficient (Wildman–Crippen LogP) is 1.16. The quantitative estimate of drug-likeness (QED) is 0.792. The minimum Gasteiger partial charge on any atom is -0.451 e. The van der Waals surface area contributed by atoms with E-state index in [-0.39, 0.29) is 18.3 Å². The molecule has 0 unspecified atom stereocenters. The van der Waals surface area contributed by atoms with Gasteiger partial charge in [0.2, 0.25) is 0 Å². The maximum atomic E-state index is 11.9. The topological polar surface area (TPSA) is 68.3 Å². The van der Waals surface area contributed by atoms with E-state index in [1.54, 1.807) is 25.3 Å². The highest BCUT2D eigenvalue weighted by molar-refractivity contribution is 5.94. The number of ketones is 1. The van der Waals surface area contributed by atoms with Crippen LogP contribution < -0.4 is 5.32 Å². The van der Waals surface area contributed by atoms with Crippen LogP contribution in [0.1, 0.15) is 19.8 Å². The highest BCUT2D eigenvalue weighted by Crippen LogP contribution is 2.27. The highest BCUT2D eigenvalue weighted by Gasteiger charge is 2.41. The van der Waals surface area contributed by atoms with E-state index in [9.17, 15) is 9.59 Å². The van der Waals surface area contributed by atoms with Crippen LogP contribution in [0.2, 0.25) is 0 Å². The summed E-state index contributed by atoms with van der Waals surface area (Å²) in [5, 5.41) is 2.91. The molecule has 0 aromatic carbocycles. The predicted molar refractivity (Wildman–Crippen MR) is 61.5 cm³/mol. The van der Waals surface area contributed by atoms with E-state index in [0.717, 1.165) is 0 Å². The Kier molecular flexibility index (Phi) is 3.08. The number of hydrogen-bond donors (Lipinski definition) is 1. The molecule has 1 aromatic rings. The number of Topliss-reactive ketones (excluding diaryl/α,β-unsaturated/α-hetero) is 1. The van der Waals surface area contributed by atoms with Crippen molar-refractivity contribution in [3.05, 3.63) is 24.4 Å². The fourth-order valence-electron chi connectivity index (χ4n) is 1.72. The smallest absolute Gasteiger partial charge is 0.306 e. The molecule has 2 rings (SSSR count). The second-order valence-corrected chi connectivity index (χ2v) is 4.20. The normalized spacial score (nSPS) is 23.2. The zero-order chi connectivity index (χ0) is 12.3. The van der Waals surface area contributed by atoms with E-state index in [1.807, 2.05) is 6.07 Å². The number of nitrogens with zero attached hydrogens (tertiary/aromatic N) is 1. The lowest BCUT2D eigenvalue weighted by Gasteiger charge is -2.20. The first-order chi connectivity index (χ1) is 8.10. The van der Waals surface area contributed by atoms with Crippen LogP contribution in [0.25, 0.3) is 0 Å². The van der Waals surface area contributed by atoms with Gasteiger partial charge in [0.05, 0.1) is 6.54 Å². The molecule has 1 N–H and O–H groups in total. The third-order valence-electron chi connectivity index (χ3n) is 2.83. The van der Waals surface area contributed by atoms with Crippen molar-refractivity contribution in [2.75, 3.05) is 11.9 Å². The number of rotatable bonds is 4. The number of hydrogen-bond acceptors (Lipinski definition) is 5. The first-order valence-electron chi connectivity index (χ1n) is 5.50. The first kappa shape index (κ1) is 11.6. The van der Waals surface area contributed by atoms with Crippen LogP contribution in [0, 0.1) is 0 Å². The van der Waals surface area contributed by atoms with E-state index >= 15 is 0 Å². The molecule has 0 aliphatic carbocycles. The van der Waals surface area contributed by atoms with Gasteiger partial charge >= 0.3 is 5.97 Å². The van der Waals surface area contributed by atoms with Crippen molar-refractivity contribution < 1.29 is 14.3 Å². The summed E-state index contributed by atoms with van der Waals surface area (Å²) in [6, 6.07) is 5.40. The third kappa shape index (κ3) is 2.61. The molecule has 0 amide bonds. The fraction of sp³-hybridized carbons (Fsp3) is 0.417. The van der Waals surface area contributed by atoms with Gasteiger partial charge in [0.1, 0.15) is 5.82 Å². The molecule has 1 aromatic heterocycles. The third-order valence-corrected chi connectivity index (χ3v) is 2.83. The zero-order valence-electron chi connectivity index (χ0n) is 9.60. The van der Waals surface area contributed by atoms with Gasteiger partial charge in [-0.1, -0.05) is 6.07 Å². The van der Waals surface area contributed by atoms with Crippen LogP contribution in [0.5, 0.6) is 0 Å². The Bertz CT molecular complexity index is 433. The zero-order valence-corrected chi connectivity index (χ0v) is 9.60. The van der Waals surface area contributed by atoms with Crippen molar-refractivity contribution in [2.45, 2.75) is 25.4 Å². The summed E-state index contributed by atoms with van der Waals surface area (Å²) < 4.78 is 5.05. The molecule has 1 atom stereocenters. The van der Waals surface area contributed by atoms with E-state index in [1.165, 1.54) is 0 Å². The number of ether oxygens (including phenoxy) is 1. The van der Waals surface area contributed by atoms with Crippen LogP contribution in [0.15, 0.2) is 24.4 Å². The number of carbonyl (C=O) groups is 2. The van der Waals surface area contributed by atoms with E-state index in [2.05, 4.69) is 10.3 Å². The van der Waals surface area contributed by atoms with E-state index in [4.69, 9.17) is 4.74 Å². The summed E-state index contributed by atoms with van der Waals surface area (Å²) in [4.78, 5) is 27.0. The molecule has 1 aliphatic rings. The van der Waals surface area contributed by atoms with Crippen LogP contribution in [-0.2, 0) is 14.3 Å². The van der Waals surface area contributed by atoms with Gasteiger partial charge in [-0.25, -0.2) is 4.98 Å². The lowest BCUT2D eigenvalue weighted by atomic mass is 9.97. The van der Waals surface area contributed by atoms with Crippen LogP contribution in [0.4, 0.5) is 5.82 Å². The second kappa shape index (κ2) is 4.53. The summed E-state index contributed by atoms with van der Waals surface area (Å²) in [5.41, 5.74) is -0.973. The van der Waals surface area contributed by atoms with Crippen LogP contribution in [-0.4, -0.2) is 28.9 Å². The number of cyclic esters (lactones) is 1. The Morgan fingerprint density at radius 3 is 3.00 bits per heavy atom. The monoisotopic (exact) mass is 234 g/mol. The minimum absolute atomic E-state index is 0.112. The summed E-state index contributed by atoms with van der Waals surface area (Å²) >= 11 is 0. The Morgan fingerprint density at radius 2 is 2.41 bits per heavy atom. The molecule has 1 saturated heterocycles. The molecule has 0 spiro atoms. The molecule has 5 nitrogen and oxygen atoms in total. The molecular weight excluding hydrogens is 220 g/mol. The molecule has 17 heavy (non-hydrogen) atoms. The molecule has 5 heteroatoms. The number of pyridine rings is 1. The Labute approximate surface area is 99.2 Å². The number of carbonyl (C=O) groups excluding carboxylic acids is 2. The van der Waals surface area contributed by atoms with Gasteiger partial charge in [-0.3, -0.25) is 9.59 Å². The Morgan fingerprint density at radius 1 is 1.59 bits per heavy atom. The number of esters is 1. The Balaban J connectivity index is 1.92. The number of nitrogens with one attached hydrogen (secondary N) is 1. The van der Waals surface area contributed by atoms with Gasteiger partial charge in [-0.15, -0.1) is 0 Å². The molecule has 90 valence electrons. The number of aromatic nitrogens is 1. The second-order valence-electron chi connectivity index (χ2n) is 4.20. The van der Waals surface area contributed by atoms with Crippen molar-refractivity contribution in [3.8, 4) is 0 Å². The van der Waals surface area contributed by atoms with Crippen molar-refractivity contribution in [1.29, 1.82) is 0 Å². The first-order valence-corrected chi connectivity index (χ1v) is 5.50. The summed E-state index contributed by atoms with van der Waals surface area (Å²) in [7, 11) is 0. The maximum Gasteiger partial charge on any atom is 0.306 e. The van der Waals surface area contributed by atoms with E-state index in [0.29, 0.717) is 18.7 Å². The van der Waals surface area contributed by atoms with Gasteiger partial charge < -0.3 is 10.1 Å². The van der Waals surface area contributed by atoms with Gasteiger partial charge in [0, 0.05) is 19.0 Å². The molecule has 0 radical (unpaired) electrons. The molecule has 0 saturated carbocycles. The largest absolute Gasteiger partial charge is 0.451 e. The fourth-order valence-corrected chi connectivity index (χ4v) is 1.72. The standard InChI is InChI=1S/C12H14N2O3/c1-12(6-5-11(16)17-12)9(15)8-14-10-4-2-3-7-13-10/h2-4,7H,5-6,8H2,1H3,(H,13,14)/t12-/m1/s1. The lowest BCUT2D eigenvalue weighted by molar-refractivity contribution is -0.154. The average Bonchev–Trinajstić information content (AvgIpc) is 2.69. The van der Waals surface area contributed by atoms with Gasteiger partial charge in [-0.2, -0.15) is 0 Å². The molecule has 2 heterocycles. The summed E-state index contributed by atoms with van der Waals surface area (Å²) in [6.45, 7) is 1.77. The van der Waals surface area contributed by atoms with Gasteiger partial charge in [0.25, 0.3) is 0 Å². The van der Waals surface area contributed by atoms with Gasteiger partial charge in [-0.05, 0) is 19.1 Å². The summed E-state index contributed by atoms with van der Waals surface area (Å²) in [6.07, 6.45) is 2.41. The van der Waals surface area contributed by atoms with Crippen molar-refractivity contribution in [2.24, 2.45) is 0 Å². The van der Waals surface area contributed by atoms with Crippen LogP contribution in [0.3, 0.4) is 0 Å². The van der Waals surface area contributed by atoms with Gasteiger partial charge in [0.15, 0.2) is 11.4 Å². The molecule has 1 fully saturated rings. The van der Waals surface area contributed by atoms with Crippen molar-refractivity contribution >= 4 is 17.6 Å². The highest BCUT2D eigenvalue weighted by atomic mass is 16.6. The molecule has 1 aliphatic heterocycles. The SMILES string of the molecule is C[C@]1(C(=O)CNc2ccccn2)CCC(=O)O1. The summed E-state index contributed by atoms with van der Waals surface area (Å²) in [5.74, 6) is 0.196. The van der Waals surface area contributed by atoms with Crippen molar-refractivity contribution in [1.82, 2.24) is 4.98 Å². The van der Waals surface area contributed by atoms with Crippen LogP contribution >= 0.6 is 0 Å². The average molecular weight is 234 g/mol. The lowest BCUT2D eigenvalue weighted by Crippen LogP contribution is -2.39. The Hall–Kier alpha value is -1.91. The molecule has 0 bridgehead atoms. The van der Waals surface area contributed by atoms with E-state index < -0.39 is 5.60 Å².